The molecule has 0 radical (unpaired) electrons. The summed E-state index contributed by atoms with van der Waals surface area (Å²) in [4.78, 5) is 0. The molecule has 1 aromatic rings. The molecule has 1 atom stereocenters. The molecule has 1 aliphatic rings. The zero-order chi connectivity index (χ0) is 11.4. The molecule has 2 rings (SSSR count). The molecule has 1 aliphatic heterocycles. The van der Waals surface area contributed by atoms with Gasteiger partial charge in [-0.3, -0.25) is 11.3 Å². The number of rotatable bonds is 3. The van der Waals surface area contributed by atoms with Gasteiger partial charge in [0.05, 0.1) is 0 Å². The summed E-state index contributed by atoms with van der Waals surface area (Å²) in [5.41, 5.74) is 4.22. The van der Waals surface area contributed by atoms with Gasteiger partial charge in [0.1, 0.15) is 0 Å². The van der Waals surface area contributed by atoms with Crippen molar-refractivity contribution in [1.82, 2.24) is 5.43 Å². The molecule has 1 fully saturated rings. The predicted octanol–water partition coefficient (Wildman–Crippen LogP) is 2.22. The van der Waals surface area contributed by atoms with Gasteiger partial charge in [-0.2, -0.15) is 0 Å². The zero-order valence-electron chi connectivity index (χ0n) is 9.16. The van der Waals surface area contributed by atoms with Crippen molar-refractivity contribution in [2.45, 2.75) is 18.9 Å². The minimum atomic E-state index is 0.251. The molecule has 0 saturated carbocycles. The van der Waals surface area contributed by atoms with Crippen molar-refractivity contribution in [2.24, 2.45) is 11.8 Å². The number of hydrazine groups is 1. The summed E-state index contributed by atoms with van der Waals surface area (Å²) in [6, 6.07) is 8.81. The molecular weight excluding hydrogens is 315 g/mol. The summed E-state index contributed by atoms with van der Waals surface area (Å²) in [5, 5.41) is 0. The summed E-state index contributed by atoms with van der Waals surface area (Å²) >= 11 is 2.31. The van der Waals surface area contributed by atoms with E-state index in [9.17, 15) is 0 Å². The molecule has 0 aromatic heterocycles. The molecule has 1 unspecified atom stereocenters. The van der Waals surface area contributed by atoms with Crippen LogP contribution in [0.4, 0.5) is 0 Å². The predicted molar refractivity (Wildman–Crippen MR) is 72.8 cm³/mol. The van der Waals surface area contributed by atoms with Gasteiger partial charge < -0.3 is 4.74 Å². The fourth-order valence-corrected chi connectivity index (χ4v) is 2.58. The standard InChI is InChI=1S/C12H17IN2O/c13-11-3-1-9(2-4-11)12(15-14)10-5-7-16-8-6-10/h1-4,10,12,15H,5-8,14H2. The Kier molecular flexibility index (Phi) is 4.57. The van der Waals surface area contributed by atoms with Gasteiger partial charge in [0.25, 0.3) is 0 Å². The Hall–Kier alpha value is -0.170. The smallest absolute Gasteiger partial charge is 0.0489 e. The van der Waals surface area contributed by atoms with Crippen molar-refractivity contribution in [1.29, 1.82) is 0 Å². The Morgan fingerprint density at radius 3 is 2.44 bits per heavy atom. The second-order valence-corrected chi connectivity index (χ2v) is 5.39. The fraction of sp³-hybridized carbons (Fsp3) is 0.500. The summed E-state index contributed by atoms with van der Waals surface area (Å²) < 4.78 is 6.63. The minimum absolute atomic E-state index is 0.251. The Bertz CT molecular complexity index is 322. The summed E-state index contributed by atoms with van der Waals surface area (Å²) in [5.74, 6) is 6.26. The molecule has 1 aromatic carbocycles. The zero-order valence-corrected chi connectivity index (χ0v) is 11.3. The van der Waals surface area contributed by atoms with Gasteiger partial charge in [0, 0.05) is 22.8 Å². The lowest BCUT2D eigenvalue weighted by atomic mass is 9.87. The average molecular weight is 332 g/mol. The van der Waals surface area contributed by atoms with Gasteiger partial charge in [-0.15, -0.1) is 0 Å². The number of halogens is 1. The van der Waals surface area contributed by atoms with Crippen molar-refractivity contribution < 1.29 is 4.74 Å². The highest BCUT2D eigenvalue weighted by Gasteiger charge is 2.24. The maximum Gasteiger partial charge on any atom is 0.0489 e. The van der Waals surface area contributed by atoms with Gasteiger partial charge in [0.15, 0.2) is 0 Å². The van der Waals surface area contributed by atoms with Crippen LogP contribution in [0.25, 0.3) is 0 Å². The molecule has 4 heteroatoms. The Balaban J connectivity index is 2.11. The normalized spacial score (nSPS) is 19.6. The van der Waals surface area contributed by atoms with Crippen LogP contribution in [-0.2, 0) is 4.74 Å². The average Bonchev–Trinajstić information content (AvgIpc) is 2.34. The Morgan fingerprint density at radius 1 is 1.25 bits per heavy atom. The molecular formula is C12H17IN2O. The topological polar surface area (TPSA) is 47.3 Å². The number of benzene rings is 1. The monoisotopic (exact) mass is 332 g/mol. The third kappa shape index (κ3) is 2.94. The van der Waals surface area contributed by atoms with E-state index in [0.29, 0.717) is 5.92 Å². The number of ether oxygens (including phenoxy) is 1. The lowest BCUT2D eigenvalue weighted by Crippen LogP contribution is -2.36. The van der Waals surface area contributed by atoms with Gasteiger partial charge in [-0.1, -0.05) is 12.1 Å². The molecule has 16 heavy (non-hydrogen) atoms. The van der Waals surface area contributed by atoms with E-state index in [1.165, 1.54) is 9.13 Å². The third-order valence-electron chi connectivity index (χ3n) is 3.15. The van der Waals surface area contributed by atoms with Crippen LogP contribution < -0.4 is 11.3 Å². The van der Waals surface area contributed by atoms with Gasteiger partial charge >= 0.3 is 0 Å². The van der Waals surface area contributed by atoms with E-state index in [1.807, 2.05) is 0 Å². The molecule has 88 valence electrons. The van der Waals surface area contributed by atoms with Gasteiger partial charge in [-0.05, 0) is 59.0 Å². The van der Waals surface area contributed by atoms with Crippen molar-refractivity contribution in [3.05, 3.63) is 33.4 Å². The molecule has 3 nitrogen and oxygen atoms in total. The van der Waals surface area contributed by atoms with Crippen LogP contribution >= 0.6 is 22.6 Å². The highest BCUT2D eigenvalue weighted by atomic mass is 127. The number of nitrogens with one attached hydrogen (secondary N) is 1. The molecule has 0 aliphatic carbocycles. The van der Waals surface area contributed by atoms with Crippen LogP contribution in [0.5, 0.6) is 0 Å². The SMILES string of the molecule is NNC(c1ccc(I)cc1)C1CCOCC1. The lowest BCUT2D eigenvalue weighted by molar-refractivity contribution is 0.0536. The van der Waals surface area contributed by atoms with E-state index in [1.54, 1.807) is 0 Å². The fourth-order valence-electron chi connectivity index (χ4n) is 2.22. The molecule has 0 bridgehead atoms. The van der Waals surface area contributed by atoms with Crippen LogP contribution in [0.15, 0.2) is 24.3 Å². The number of hydrogen-bond donors (Lipinski definition) is 2. The van der Waals surface area contributed by atoms with Gasteiger partial charge in [-0.25, -0.2) is 0 Å². The highest BCUT2D eigenvalue weighted by Crippen LogP contribution is 2.29. The molecule has 0 spiro atoms. The second kappa shape index (κ2) is 5.95. The number of nitrogens with two attached hydrogens (primary N) is 1. The van der Waals surface area contributed by atoms with Crippen LogP contribution in [0, 0.1) is 9.49 Å². The lowest BCUT2D eigenvalue weighted by Gasteiger charge is -2.30. The van der Waals surface area contributed by atoms with E-state index in [-0.39, 0.29) is 6.04 Å². The van der Waals surface area contributed by atoms with Crippen LogP contribution in [0.1, 0.15) is 24.4 Å². The van der Waals surface area contributed by atoms with Crippen molar-refractivity contribution >= 4 is 22.6 Å². The first kappa shape index (κ1) is 12.3. The van der Waals surface area contributed by atoms with Crippen LogP contribution in [0.3, 0.4) is 0 Å². The minimum Gasteiger partial charge on any atom is -0.381 e. The first-order valence-electron chi connectivity index (χ1n) is 5.60. The molecule has 1 saturated heterocycles. The first-order valence-corrected chi connectivity index (χ1v) is 6.68. The van der Waals surface area contributed by atoms with Crippen LogP contribution in [-0.4, -0.2) is 13.2 Å². The number of hydrogen-bond acceptors (Lipinski definition) is 3. The first-order chi connectivity index (χ1) is 7.81. The van der Waals surface area contributed by atoms with E-state index < -0.39 is 0 Å². The Labute approximate surface area is 110 Å². The molecule has 0 amide bonds. The quantitative estimate of drug-likeness (QED) is 0.507. The summed E-state index contributed by atoms with van der Waals surface area (Å²) in [6.07, 6.45) is 2.17. The molecule has 1 heterocycles. The molecule has 3 N–H and O–H groups in total. The van der Waals surface area contributed by atoms with Gasteiger partial charge in [0.2, 0.25) is 0 Å². The third-order valence-corrected chi connectivity index (χ3v) is 3.87. The van der Waals surface area contributed by atoms with Crippen molar-refractivity contribution in [2.75, 3.05) is 13.2 Å². The second-order valence-electron chi connectivity index (χ2n) is 4.15. The van der Waals surface area contributed by atoms with E-state index >= 15 is 0 Å². The maximum atomic E-state index is 5.68. The van der Waals surface area contributed by atoms with E-state index in [2.05, 4.69) is 52.3 Å². The highest BCUT2D eigenvalue weighted by molar-refractivity contribution is 14.1. The van der Waals surface area contributed by atoms with Crippen molar-refractivity contribution in [3.8, 4) is 0 Å². The summed E-state index contributed by atoms with van der Waals surface area (Å²) in [7, 11) is 0. The van der Waals surface area contributed by atoms with Crippen molar-refractivity contribution in [3.63, 3.8) is 0 Å². The Morgan fingerprint density at radius 2 is 1.88 bits per heavy atom. The van der Waals surface area contributed by atoms with E-state index in [4.69, 9.17) is 10.6 Å². The maximum absolute atomic E-state index is 5.68. The van der Waals surface area contributed by atoms with E-state index in [0.717, 1.165) is 26.1 Å². The largest absolute Gasteiger partial charge is 0.381 e. The summed E-state index contributed by atoms with van der Waals surface area (Å²) in [6.45, 7) is 1.71. The van der Waals surface area contributed by atoms with Crippen LogP contribution in [0.2, 0.25) is 0 Å².